The molecule has 0 saturated carbocycles. The Morgan fingerprint density at radius 1 is 1.33 bits per heavy atom. The predicted molar refractivity (Wildman–Crippen MR) is 72.5 cm³/mol. The lowest BCUT2D eigenvalue weighted by atomic mass is 10.0. The maximum atomic E-state index is 13.6. The number of halogens is 2. The van der Waals surface area contributed by atoms with Crippen molar-refractivity contribution in [2.45, 2.75) is 26.4 Å². The van der Waals surface area contributed by atoms with Crippen LogP contribution in [0.1, 0.15) is 24.2 Å². The fourth-order valence-corrected chi connectivity index (χ4v) is 1.91. The Labute approximate surface area is 121 Å². The molecule has 2 aromatic rings. The van der Waals surface area contributed by atoms with Crippen LogP contribution in [0, 0.1) is 17.6 Å². The molecular weight excluding hydrogens is 278 g/mol. The quantitative estimate of drug-likeness (QED) is 0.917. The molecule has 0 fully saturated rings. The van der Waals surface area contributed by atoms with Gasteiger partial charge in [-0.1, -0.05) is 25.1 Å². The molecule has 0 aliphatic rings. The Hall–Kier alpha value is -2.31. The normalized spacial score (nSPS) is 12.4. The molecule has 1 aromatic heterocycles. The smallest absolute Gasteiger partial charge is 0.257 e. The maximum absolute atomic E-state index is 13.6. The number of nitrogens with one attached hydrogen (secondary N) is 1. The molecule has 5 nitrogen and oxygen atoms in total. The van der Waals surface area contributed by atoms with Crippen LogP contribution in [0.5, 0.6) is 0 Å². The average molecular weight is 294 g/mol. The summed E-state index contributed by atoms with van der Waals surface area (Å²) in [5, 5.41) is 10.1. The Morgan fingerprint density at radius 3 is 2.52 bits per heavy atom. The van der Waals surface area contributed by atoms with Crippen molar-refractivity contribution >= 4 is 5.91 Å². The zero-order valence-electron chi connectivity index (χ0n) is 11.8. The summed E-state index contributed by atoms with van der Waals surface area (Å²) < 4.78 is 28.8. The first-order valence-electron chi connectivity index (χ1n) is 6.58. The number of hydrogen-bond acceptors (Lipinski definition) is 3. The highest BCUT2D eigenvalue weighted by atomic mass is 19.1. The van der Waals surface area contributed by atoms with Gasteiger partial charge in [-0.2, -0.15) is 0 Å². The van der Waals surface area contributed by atoms with Crippen LogP contribution in [0.2, 0.25) is 0 Å². The van der Waals surface area contributed by atoms with Crippen LogP contribution in [0.15, 0.2) is 30.6 Å². The van der Waals surface area contributed by atoms with Gasteiger partial charge < -0.3 is 5.32 Å². The van der Waals surface area contributed by atoms with E-state index >= 15 is 0 Å². The number of rotatable bonds is 5. The molecular formula is C14H16F2N4O. The standard InChI is InChI=1S/C14H16F2N4O/c1-9(2)12(8-20-7-6-17-19-20)18-14(21)13-10(15)4-3-5-11(13)16/h3-7,9,12H,8H2,1-2H3,(H,18,21)/t12-/m1/s1. The molecule has 0 aliphatic heterocycles. The summed E-state index contributed by atoms with van der Waals surface area (Å²) in [6, 6.07) is 3.01. The Balaban J connectivity index is 2.15. The molecule has 1 heterocycles. The van der Waals surface area contributed by atoms with Crippen molar-refractivity contribution < 1.29 is 13.6 Å². The minimum atomic E-state index is -0.879. The van der Waals surface area contributed by atoms with Gasteiger partial charge in [-0.05, 0) is 18.1 Å². The van der Waals surface area contributed by atoms with Crippen molar-refractivity contribution in [3.05, 3.63) is 47.8 Å². The van der Waals surface area contributed by atoms with Crippen LogP contribution in [0.4, 0.5) is 8.78 Å². The van der Waals surface area contributed by atoms with Gasteiger partial charge in [0.15, 0.2) is 0 Å². The van der Waals surface area contributed by atoms with Crippen LogP contribution in [-0.2, 0) is 6.54 Å². The summed E-state index contributed by atoms with van der Waals surface area (Å²) >= 11 is 0. The molecule has 21 heavy (non-hydrogen) atoms. The maximum Gasteiger partial charge on any atom is 0.257 e. The van der Waals surface area contributed by atoms with E-state index in [9.17, 15) is 13.6 Å². The molecule has 112 valence electrons. The monoisotopic (exact) mass is 294 g/mol. The molecule has 0 aliphatic carbocycles. The average Bonchev–Trinajstić information content (AvgIpc) is 2.90. The first-order chi connectivity index (χ1) is 9.99. The summed E-state index contributed by atoms with van der Waals surface area (Å²) in [5.41, 5.74) is -0.568. The predicted octanol–water partition coefficient (Wildman–Crippen LogP) is 2.01. The highest BCUT2D eigenvalue weighted by Gasteiger charge is 2.22. The SMILES string of the molecule is CC(C)[C@@H](Cn1ccnn1)NC(=O)c1c(F)cccc1F. The zero-order chi connectivity index (χ0) is 15.4. The van der Waals surface area contributed by atoms with E-state index in [0.717, 1.165) is 12.1 Å². The second-order valence-corrected chi connectivity index (χ2v) is 5.05. The minimum Gasteiger partial charge on any atom is -0.347 e. The first-order valence-corrected chi connectivity index (χ1v) is 6.58. The van der Waals surface area contributed by atoms with Gasteiger partial charge in [-0.25, -0.2) is 8.78 Å². The molecule has 0 spiro atoms. The van der Waals surface area contributed by atoms with Crippen LogP contribution in [0.3, 0.4) is 0 Å². The third kappa shape index (κ3) is 3.62. The van der Waals surface area contributed by atoms with Crippen molar-refractivity contribution in [3.63, 3.8) is 0 Å². The number of aromatic nitrogens is 3. The van der Waals surface area contributed by atoms with Gasteiger partial charge in [-0.3, -0.25) is 9.48 Å². The number of nitrogens with zero attached hydrogens (tertiary/aromatic N) is 3. The highest BCUT2D eigenvalue weighted by molar-refractivity contribution is 5.94. The molecule has 7 heteroatoms. The lowest BCUT2D eigenvalue weighted by molar-refractivity contribution is 0.0910. The van der Waals surface area contributed by atoms with Crippen LogP contribution in [0.25, 0.3) is 0 Å². The van der Waals surface area contributed by atoms with Crippen LogP contribution < -0.4 is 5.32 Å². The van der Waals surface area contributed by atoms with E-state index in [0.29, 0.717) is 6.54 Å². The fourth-order valence-electron chi connectivity index (χ4n) is 1.91. The third-order valence-corrected chi connectivity index (χ3v) is 3.17. The molecule has 0 unspecified atom stereocenters. The molecule has 1 N–H and O–H groups in total. The summed E-state index contributed by atoms with van der Waals surface area (Å²) in [6.45, 7) is 4.18. The molecule has 2 rings (SSSR count). The van der Waals surface area contributed by atoms with Crippen LogP contribution >= 0.6 is 0 Å². The number of hydrogen-bond donors (Lipinski definition) is 1. The molecule has 0 saturated heterocycles. The van der Waals surface area contributed by atoms with E-state index in [1.807, 2.05) is 13.8 Å². The first kappa shape index (κ1) is 15.1. The van der Waals surface area contributed by atoms with E-state index in [4.69, 9.17) is 0 Å². The van der Waals surface area contributed by atoms with Crippen molar-refractivity contribution in [2.24, 2.45) is 5.92 Å². The fraction of sp³-hybridized carbons (Fsp3) is 0.357. The lowest BCUT2D eigenvalue weighted by Crippen LogP contribution is -2.42. The van der Waals surface area contributed by atoms with Gasteiger partial charge in [0.05, 0.1) is 18.8 Å². The topological polar surface area (TPSA) is 59.8 Å². The van der Waals surface area contributed by atoms with Crippen molar-refractivity contribution in [2.75, 3.05) is 0 Å². The van der Waals surface area contributed by atoms with Gasteiger partial charge in [0.2, 0.25) is 0 Å². The largest absolute Gasteiger partial charge is 0.347 e. The van der Waals surface area contributed by atoms with Gasteiger partial charge in [0, 0.05) is 6.20 Å². The number of amides is 1. The molecule has 1 aromatic carbocycles. The van der Waals surface area contributed by atoms with Crippen LogP contribution in [-0.4, -0.2) is 26.9 Å². The van der Waals surface area contributed by atoms with Gasteiger partial charge in [0.25, 0.3) is 5.91 Å². The number of carbonyl (C=O) groups excluding carboxylic acids is 1. The molecule has 0 radical (unpaired) electrons. The van der Waals surface area contributed by atoms with Gasteiger partial charge >= 0.3 is 0 Å². The Bertz CT molecular complexity index is 593. The van der Waals surface area contributed by atoms with Crippen molar-refractivity contribution in [1.82, 2.24) is 20.3 Å². The summed E-state index contributed by atoms with van der Waals surface area (Å²) in [6.07, 6.45) is 3.18. The molecule has 0 bridgehead atoms. The van der Waals surface area contributed by atoms with Crippen molar-refractivity contribution in [3.8, 4) is 0 Å². The van der Waals surface area contributed by atoms with Crippen molar-refractivity contribution in [1.29, 1.82) is 0 Å². The van der Waals surface area contributed by atoms with E-state index < -0.39 is 23.1 Å². The Morgan fingerprint density at radius 2 is 2.00 bits per heavy atom. The Kier molecular flexibility index (Phi) is 4.62. The second kappa shape index (κ2) is 6.43. The summed E-state index contributed by atoms with van der Waals surface area (Å²) in [7, 11) is 0. The second-order valence-electron chi connectivity index (χ2n) is 5.05. The lowest BCUT2D eigenvalue weighted by Gasteiger charge is -2.22. The van der Waals surface area contributed by atoms with Gasteiger partial charge in [0.1, 0.15) is 17.2 Å². The number of carbonyl (C=O) groups is 1. The minimum absolute atomic E-state index is 0.0629. The van der Waals surface area contributed by atoms with E-state index in [2.05, 4.69) is 15.6 Å². The number of benzene rings is 1. The summed E-state index contributed by atoms with van der Waals surface area (Å²) in [5.74, 6) is -2.47. The molecule has 1 amide bonds. The van der Waals surface area contributed by atoms with E-state index in [-0.39, 0.29) is 12.0 Å². The highest BCUT2D eigenvalue weighted by Crippen LogP contribution is 2.13. The molecule has 1 atom stereocenters. The third-order valence-electron chi connectivity index (χ3n) is 3.17. The summed E-state index contributed by atoms with van der Waals surface area (Å²) in [4.78, 5) is 12.1. The van der Waals surface area contributed by atoms with Gasteiger partial charge in [-0.15, -0.1) is 5.10 Å². The van der Waals surface area contributed by atoms with E-state index in [1.165, 1.54) is 12.3 Å². The van der Waals surface area contributed by atoms with E-state index in [1.54, 1.807) is 10.9 Å². The zero-order valence-corrected chi connectivity index (χ0v) is 11.8.